The number of hydrogen-bond donors (Lipinski definition) is 1. The van der Waals surface area contributed by atoms with E-state index < -0.39 is 5.97 Å². The summed E-state index contributed by atoms with van der Waals surface area (Å²) in [6.07, 6.45) is 8.87. The number of rotatable bonds is 4. The van der Waals surface area contributed by atoms with Crippen LogP contribution in [0.2, 0.25) is 0 Å². The molecular weight excluding hydrogens is 258 g/mol. The SMILES string of the molecule is O=C(O)CC[n+]1ccc(-c2nccn3cnnc23)cc1. The lowest BCUT2D eigenvalue weighted by atomic mass is 10.2. The molecule has 0 aromatic carbocycles. The molecule has 20 heavy (non-hydrogen) atoms. The van der Waals surface area contributed by atoms with Crippen molar-refractivity contribution in [2.75, 3.05) is 0 Å². The molecular formula is C13H12N5O2+. The second-order valence-electron chi connectivity index (χ2n) is 4.31. The highest BCUT2D eigenvalue weighted by molar-refractivity contribution is 5.72. The lowest BCUT2D eigenvalue weighted by molar-refractivity contribution is -0.695. The summed E-state index contributed by atoms with van der Waals surface area (Å²) >= 11 is 0. The molecule has 0 bridgehead atoms. The molecule has 1 N–H and O–H groups in total. The number of nitrogens with zero attached hydrogens (tertiary/aromatic N) is 5. The molecule has 3 aromatic rings. The molecule has 0 aliphatic heterocycles. The topological polar surface area (TPSA) is 84.3 Å². The lowest BCUT2D eigenvalue weighted by Crippen LogP contribution is -2.33. The van der Waals surface area contributed by atoms with Gasteiger partial charge in [0, 0.05) is 30.1 Å². The third-order valence-corrected chi connectivity index (χ3v) is 2.96. The van der Waals surface area contributed by atoms with Crippen LogP contribution in [0.1, 0.15) is 6.42 Å². The second kappa shape index (κ2) is 5.04. The van der Waals surface area contributed by atoms with E-state index in [4.69, 9.17) is 5.11 Å². The van der Waals surface area contributed by atoms with Crippen molar-refractivity contribution in [2.24, 2.45) is 0 Å². The molecule has 0 unspecified atom stereocenters. The van der Waals surface area contributed by atoms with Crippen LogP contribution in [0.5, 0.6) is 0 Å². The van der Waals surface area contributed by atoms with Gasteiger partial charge in [-0.05, 0) is 0 Å². The molecule has 100 valence electrons. The van der Waals surface area contributed by atoms with E-state index in [1.807, 2.05) is 29.1 Å². The van der Waals surface area contributed by atoms with E-state index in [-0.39, 0.29) is 6.42 Å². The van der Waals surface area contributed by atoms with E-state index in [0.717, 1.165) is 11.3 Å². The van der Waals surface area contributed by atoms with Crippen LogP contribution in [0.25, 0.3) is 16.9 Å². The van der Waals surface area contributed by atoms with E-state index in [1.165, 1.54) is 0 Å². The molecule has 0 amide bonds. The first-order chi connectivity index (χ1) is 9.74. The molecule has 0 atom stereocenters. The summed E-state index contributed by atoms with van der Waals surface area (Å²) in [5.74, 6) is -0.809. The predicted molar refractivity (Wildman–Crippen MR) is 68.7 cm³/mol. The summed E-state index contributed by atoms with van der Waals surface area (Å²) in [5, 5.41) is 16.6. The molecule has 3 aromatic heterocycles. The van der Waals surface area contributed by atoms with Crippen molar-refractivity contribution in [3.05, 3.63) is 43.2 Å². The Balaban J connectivity index is 1.91. The summed E-state index contributed by atoms with van der Waals surface area (Å²) in [6, 6.07) is 3.78. The Kier molecular flexibility index (Phi) is 3.08. The van der Waals surface area contributed by atoms with Crippen LogP contribution in [-0.2, 0) is 11.3 Å². The maximum Gasteiger partial charge on any atom is 0.309 e. The summed E-state index contributed by atoms with van der Waals surface area (Å²) in [5.41, 5.74) is 2.35. The molecule has 0 aliphatic rings. The van der Waals surface area contributed by atoms with Crippen molar-refractivity contribution >= 4 is 11.6 Å². The fourth-order valence-corrected chi connectivity index (χ4v) is 1.95. The quantitative estimate of drug-likeness (QED) is 0.700. The Morgan fingerprint density at radius 3 is 2.90 bits per heavy atom. The molecule has 3 rings (SSSR count). The van der Waals surface area contributed by atoms with Crippen LogP contribution in [-0.4, -0.2) is 30.7 Å². The molecule has 0 saturated heterocycles. The predicted octanol–water partition coefficient (Wildman–Crippen LogP) is 0.553. The number of carbonyl (C=O) groups is 1. The highest BCUT2D eigenvalue weighted by atomic mass is 16.4. The van der Waals surface area contributed by atoms with Crippen molar-refractivity contribution in [1.29, 1.82) is 0 Å². The van der Waals surface area contributed by atoms with Crippen LogP contribution in [0.4, 0.5) is 0 Å². The smallest absolute Gasteiger partial charge is 0.309 e. The van der Waals surface area contributed by atoms with Gasteiger partial charge in [-0.15, -0.1) is 10.2 Å². The molecule has 0 spiro atoms. The van der Waals surface area contributed by atoms with E-state index in [0.29, 0.717) is 12.2 Å². The number of aliphatic carboxylic acids is 1. The van der Waals surface area contributed by atoms with Crippen LogP contribution in [0, 0.1) is 0 Å². The van der Waals surface area contributed by atoms with Crippen molar-refractivity contribution in [1.82, 2.24) is 19.6 Å². The van der Waals surface area contributed by atoms with Gasteiger partial charge in [-0.2, -0.15) is 0 Å². The highest BCUT2D eigenvalue weighted by Crippen LogP contribution is 2.18. The van der Waals surface area contributed by atoms with E-state index in [9.17, 15) is 4.79 Å². The van der Waals surface area contributed by atoms with Gasteiger partial charge in [0.2, 0.25) is 0 Å². The van der Waals surface area contributed by atoms with Crippen molar-refractivity contribution < 1.29 is 14.5 Å². The van der Waals surface area contributed by atoms with Gasteiger partial charge >= 0.3 is 5.97 Å². The summed E-state index contributed by atoms with van der Waals surface area (Å²) in [6.45, 7) is 0.443. The van der Waals surface area contributed by atoms with Gasteiger partial charge in [0.15, 0.2) is 24.6 Å². The minimum Gasteiger partial charge on any atom is -0.481 e. The minimum atomic E-state index is -0.809. The standard InChI is InChI=1S/C13H11N5O2/c19-11(20)3-7-17-5-1-10(2-6-17)12-13-16-15-9-18(13)8-4-14-12/h1-2,4-6,8-9H,3,7H2/p+1. The van der Waals surface area contributed by atoms with Gasteiger partial charge in [-0.3, -0.25) is 14.2 Å². The van der Waals surface area contributed by atoms with E-state index >= 15 is 0 Å². The number of carboxylic acid groups (broad SMARTS) is 1. The minimum absolute atomic E-state index is 0.0992. The number of hydrogen-bond acceptors (Lipinski definition) is 4. The molecule has 7 nitrogen and oxygen atoms in total. The number of aromatic nitrogens is 5. The first-order valence-corrected chi connectivity index (χ1v) is 6.09. The highest BCUT2D eigenvalue weighted by Gasteiger charge is 2.10. The third kappa shape index (κ3) is 2.33. The monoisotopic (exact) mass is 270 g/mol. The zero-order valence-electron chi connectivity index (χ0n) is 10.5. The number of pyridine rings is 1. The summed E-state index contributed by atoms with van der Waals surface area (Å²) < 4.78 is 3.62. The molecule has 0 aliphatic carbocycles. The maximum absolute atomic E-state index is 10.5. The zero-order valence-corrected chi connectivity index (χ0v) is 10.5. The summed E-state index contributed by atoms with van der Waals surface area (Å²) in [4.78, 5) is 14.9. The third-order valence-electron chi connectivity index (χ3n) is 2.96. The number of fused-ring (bicyclic) bond motifs is 1. The van der Waals surface area contributed by atoms with Crippen LogP contribution >= 0.6 is 0 Å². The Morgan fingerprint density at radius 2 is 2.15 bits per heavy atom. The normalized spacial score (nSPS) is 10.8. The van der Waals surface area contributed by atoms with Gasteiger partial charge in [0.25, 0.3) is 0 Å². The number of carboxylic acids is 1. The fraction of sp³-hybridized carbons (Fsp3) is 0.154. The van der Waals surface area contributed by atoms with Crippen molar-refractivity contribution in [2.45, 2.75) is 13.0 Å². The second-order valence-corrected chi connectivity index (χ2v) is 4.31. The molecule has 3 heterocycles. The van der Waals surface area contributed by atoms with Gasteiger partial charge in [0.05, 0.1) is 0 Å². The molecule has 0 saturated carbocycles. The molecule has 0 radical (unpaired) electrons. The van der Waals surface area contributed by atoms with Crippen molar-refractivity contribution in [3.63, 3.8) is 0 Å². The van der Waals surface area contributed by atoms with Gasteiger partial charge < -0.3 is 5.11 Å². The fourth-order valence-electron chi connectivity index (χ4n) is 1.95. The largest absolute Gasteiger partial charge is 0.481 e. The van der Waals surface area contributed by atoms with Gasteiger partial charge in [0.1, 0.15) is 18.4 Å². The Labute approximate surface area is 114 Å². The summed E-state index contributed by atoms with van der Waals surface area (Å²) in [7, 11) is 0. The Morgan fingerprint density at radius 1 is 1.35 bits per heavy atom. The Bertz CT molecular complexity index is 751. The van der Waals surface area contributed by atoms with Crippen LogP contribution < -0.4 is 4.57 Å². The van der Waals surface area contributed by atoms with Crippen LogP contribution in [0.15, 0.2) is 43.2 Å². The average Bonchev–Trinajstić information content (AvgIpc) is 2.94. The van der Waals surface area contributed by atoms with Crippen LogP contribution in [0.3, 0.4) is 0 Å². The zero-order chi connectivity index (χ0) is 13.9. The molecule has 0 fully saturated rings. The lowest BCUT2D eigenvalue weighted by Gasteiger charge is -2.01. The average molecular weight is 270 g/mol. The number of aryl methyl sites for hydroxylation is 1. The van der Waals surface area contributed by atoms with E-state index in [2.05, 4.69) is 15.2 Å². The molecule has 7 heteroatoms. The van der Waals surface area contributed by atoms with E-state index in [1.54, 1.807) is 23.1 Å². The van der Waals surface area contributed by atoms with Gasteiger partial charge in [-0.1, -0.05) is 0 Å². The van der Waals surface area contributed by atoms with Gasteiger partial charge in [-0.25, -0.2) is 4.57 Å². The maximum atomic E-state index is 10.5. The van der Waals surface area contributed by atoms with Crippen molar-refractivity contribution in [3.8, 4) is 11.3 Å². The first-order valence-electron chi connectivity index (χ1n) is 6.09. The Hall–Kier alpha value is -2.83. The first kappa shape index (κ1) is 12.2.